The van der Waals surface area contributed by atoms with Crippen LogP contribution < -0.4 is 14.2 Å². The first kappa shape index (κ1) is 21.5. The van der Waals surface area contributed by atoms with Gasteiger partial charge in [0.1, 0.15) is 18.1 Å². The van der Waals surface area contributed by atoms with Gasteiger partial charge in [-0.3, -0.25) is 9.12 Å². The van der Waals surface area contributed by atoms with E-state index < -0.39 is 22.1 Å². The molecular formula is C18H16ClF3N4O4S. The van der Waals surface area contributed by atoms with Gasteiger partial charge in [0.05, 0.1) is 6.26 Å². The van der Waals surface area contributed by atoms with Crippen molar-refractivity contribution in [2.24, 2.45) is 0 Å². The Hall–Kier alpha value is -2.73. The maximum Gasteiger partial charge on any atom is 0.573 e. The van der Waals surface area contributed by atoms with Crippen LogP contribution in [0.3, 0.4) is 0 Å². The van der Waals surface area contributed by atoms with Crippen LogP contribution in [0, 0.1) is 0 Å². The van der Waals surface area contributed by atoms with Crippen LogP contribution in [-0.2, 0) is 16.6 Å². The molecule has 4 rings (SSSR count). The summed E-state index contributed by atoms with van der Waals surface area (Å²) >= 11 is 5.88. The summed E-state index contributed by atoms with van der Waals surface area (Å²) in [5.74, 6) is -0.0493. The molecule has 2 heterocycles. The summed E-state index contributed by atoms with van der Waals surface area (Å²) in [6.45, 7) is 0.0375. The van der Waals surface area contributed by atoms with Crippen LogP contribution in [0.1, 0.15) is 29.9 Å². The second-order valence-electron chi connectivity index (χ2n) is 7.11. The van der Waals surface area contributed by atoms with Gasteiger partial charge in [0.2, 0.25) is 16.0 Å². The van der Waals surface area contributed by atoms with Gasteiger partial charge < -0.3 is 9.47 Å². The Morgan fingerprint density at radius 1 is 1.19 bits per heavy atom. The number of halogens is 4. The highest BCUT2D eigenvalue weighted by atomic mass is 35.5. The first-order valence-electron chi connectivity index (χ1n) is 9.01. The van der Waals surface area contributed by atoms with Crippen molar-refractivity contribution in [1.29, 1.82) is 0 Å². The molecule has 0 spiro atoms. The summed E-state index contributed by atoms with van der Waals surface area (Å²) in [5.41, 5.74) is 2.06. The number of ether oxygens (including phenoxy) is 2. The molecule has 1 aromatic carbocycles. The zero-order valence-electron chi connectivity index (χ0n) is 16.0. The van der Waals surface area contributed by atoms with Gasteiger partial charge in [0, 0.05) is 17.3 Å². The number of benzene rings is 1. The number of alkyl halides is 3. The van der Waals surface area contributed by atoms with Gasteiger partial charge >= 0.3 is 6.36 Å². The zero-order chi connectivity index (χ0) is 22.4. The first-order chi connectivity index (χ1) is 14.5. The highest BCUT2D eigenvalue weighted by Gasteiger charge is 2.31. The SMILES string of the molecule is CS(=O)(=O)Nc1nnc2cc(COc3cc(Cl)cc(OC(F)(F)F)c3)c(C3CC3)cn12. The van der Waals surface area contributed by atoms with Crippen LogP contribution in [0.4, 0.5) is 19.1 Å². The molecule has 166 valence electrons. The van der Waals surface area contributed by atoms with Gasteiger partial charge in [-0.2, -0.15) is 0 Å². The number of hydrogen-bond donors (Lipinski definition) is 1. The van der Waals surface area contributed by atoms with E-state index in [-0.39, 0.29) is 29.2 Å². The fourth-order valence-corrected chi connectivity index (χ4v) is 3.77. The van der Waals surface area contributed by atoms with Gasteiger partial charge in [-0.05, 0) is 48.1 Å². The topological polar surface area (TPSA) is 94.8 Å². The first-order valence-corrected chi connectivity index (χ1v) is 11.3. The number of nitrogens with one attached hydrogen (secondary N) is 1. The molecule has 0 amide bonds. The lowest BCUT2D eigenvalue weighted by molar-refractivity contribution is -0.274. The van der Waals surface area contributed by atoms with Crippen molar-refractivity contribution in [3.05, 3.63) is 46.6 Å². The number of nitrogens with zero attached hydrogens (tertiary/aromatic N) is 3. The minimum atomic E-state index is -4.85. The second kappa shape index (κ2) is 7.75. The molecule has 1 aliphatic rings. The quantitative estimate of drug-likeness (QED) is 0.551. The van der Waals surface area contributed by atoms with Crippen LogP contribution in [-0.4, -0.2) is 35.6 Å². The monoisotopic (exact) mass is 476 g/mol. The third-order valence-corrected chi connectivity index (χ3v) is 5.20. The molecule has 8 nitrogen and oxygen atoms in total. The average Bonchev–Trinajstić information content (AvgIpc) is 3.39. The van der Waals surface area contributed by atoms with E-state index in [0.717, 1.165) is 42.4 Å². The summed E-state index contributed by atoms with van der Waals surface area (Å²) < 4.78 is 74.0. The molecule has 13 heteroatoms. The maximum atomic E-state index is 12.5. The number of fused-ring (bicyclic) bond motifs is 1. The van der Waals surface area contributed by atoms with Gasteiger partial charge in [-0.1, -0.05) is 11.6 Å². The molecule has 1 aliphatic carbocycles. The average molecular weight is 477 g/mol. The van der Waals surface area contributed by atoms with Gasteiger partial charge in [0.15, 0.2) is 5.65 Å². The van der Waals surface area contributed by atoms with E-state index in [2.05, 4.69) is 19.7 Å². The standard InChI is InChI=1S/C18H16ClF3N4O4S/c1-31(27,28)25-17-24-23-16-4-11(15(8-26(16)17)10-2-3-10)9-29-13-5-12(19)6-14(7-13)30-18(20,21)22/h4-8,10H,2-3,9H2,1H3,(H,24,25). The van der Waals surface area contributed by atoms with E-state index in [4.69, 9.17) is 16.3 Å². The predicted molar refractivity (Wildman–Crippen MR) is 106 cm³/mol. The number of rotatable bonds is 7. The third-order valence-electron chi connectivity index (χ3n) is 4.43. The van der Waals surface area contributed by atoms with Crippen molar-refractivity contribution in [2.75, 3.05) is 11.0 Å². The molecule has 1 N–H and O–H groups in total. The second-order valence-corrected chi connectivity index (χ2v) is 9.30. The van der Waals surface area contributed by atoms with Crippen LogP contribution in [0.5, 0.6) is 11.5 Å². The molecular weight excluding hydrogens is 461 g/mol. The molecule has 0 saturated heterocycles. The smallest absolute Gasteiger partial charge is 0.489 e. The zero-order valence-corrected chi connectivity index (χ0v) is 17.6. The van der Waals surface area contributed by atoms with Gasteiger partial charge in [0.25, 0.3) is 0 Å². The Morgan fingerprint density at radius 2 is 1.90 bits per heavy atom. The highest BCUT2D eigenvalue weighted by Crippen LogP contribution is 2.42. The van der Waals surface area contributed by atoms with Crippen molar-refractivity contribution >= 4 is 33.2 Å². The number of hydrogen-bond acceptors (Lipinski definition) is 6. The molecule has 0 atom stereocenters. The largest absolute Gasteiger partial charge is 0.573 e. The molecule has 1 fully saturated rings. The highest BCUT2D eigenvalue weighted by molar-refractivity contribution is 7.92. The molecule has 1 saturated carbocycles. The summed E-state index contributed by atoms with van der Waals surface area (Å²) in [7, 11) is -3.54. The fraction of sp³-hybridized carbons (Fsp3) is 0.333. The Balaban J connectivity index is 1.61. The Morgan fingerprint density at radius 3 is 2.55 bits per heavy atom. The van der Waals surface area contributed by atoms with E-state index in [9.17, 15) is 21.6 Å². The number of aromatic nitrogens is 3. The van der Waals surface area contributed by atoms with Crippen molar-refractivity contribution in [1.82, 2.24) is 14.6 Å². The van der Waals surface area contributed by atoms with Gasteiger partial charge in [-0.25, -0.2) is 8.42 Å². The van der Waals surface area contributed by atoms with E-state index in [1.807, 2.05) is 0 Å². The van der Waals surface area contributed by atoms with Crippen molar-refractivity contribution in [3.8, 4) is 11.5 Å². The minimum absolute atomic E-state index is 0.0311. The fourth-order valence-electron chi connectivity index (χ4n) is 3.09. The van der Waals surface area contributed by atoms with Crippen LogP contribution in [0.15, 0.2) is 30.5 Å². The Bertz CT molecular complexity index is 1240. The molecule has 0 aliphatic heterocycles. The predicted octanol–water partition coefficient (Wildman–Crippen LogP) is 4.11. The van der Waals surface area contributed by atoms with E-state index >= 15 is 0 Å². The van der Waals surface area contributed by atoms with E-state index in [1.54, 1.807) is 12.3 Å². The summed E-state index contributed by atoms with van der Waals surface area (Å²) in [5, 5.41) is 7.86. The van der Waals surface area contributed by atoms with E-state index in [0.29, 0.717) is 5.65 Å². The molecule has 31 heavy (non-hydrogen) atoms. The van der Waals surface area contributed by atoms with E-state index in [1.165, 1.54) is 10.5 Å². The summed E-state index contributed by atoms with van der Waals surface area (Å²) in [6, 6.07) is 5.22. The number of anilines is 1. The minimum Gasteiger partial charge on any atom is -0.489 e. The lowest BCUT2D eigenvalue weighted by atomic mass is 10.1. The normalized spacial score (nSPS) is 14.6. The van der Waals surface area contributed by atoms with Crippen molar-refractivity contribution in [2.45, 2.75) is 31.7 Å². The Kier molecular flexibility index (Phi) is 5.38. The number of sulfonamides is 1. The lowest BCUT2D eigenvalue weighted by Gasteiger charge is -2.14. The summed E-state index contributed by atoms with van der Waals surface area (Å²) in [6.07, 6.45) is -0.181. The van der Waals surface area contributed by atoms with Crippen molar-refractivity contribution in [3.63, 3.8) is 0 Å². The number of pyridine rings is 1. The van der Waals surface area contributed by atoms with Crippen molar-refractivity contribution < 1.29 is 31.1 Å². The van der Waals surface area contributed by atoms with Gasteiger partial charge in [-0.15, -0.1) is 23.4 Å². The molecule has 2 aromatic heterocycles. The lowest BCUT2D eigenvalue weighted by Crippen LogP contribution is -2.17. The molecule has 3 aromatic rings. The molecule has 0 unspecified atom stereocenters. The van der Waals surface area contributed by atoms with Crippen LogP contribution in [0.2, 0.25) is 5.02 Å². The Labute approximate surface area is 180 Å². The molecule has 0 bridgehead atoms. The molecule has 0 radical (unpaired) electrons. The third kappa shape index (κ3) is 5.50. The maximum absolute atomic E-state index is 12.5. The van der Waals surface area contributed by atoms with Crippen LogP contribution >= 0.6 is 11.6 Å². The summed E-state index contributed by atoms with van der Waals surface area (Å²) in [4.78, 5) is 0. The van der Waals surface area contributed by atoms with Crippen LogP contribution in [0.25, 0.3) is 5.65 Å².